The Bertz CT molecular complexity index is 308. The minimum atomic E-state index is 0.486. The number of aromatic nitrogens is 1. The number of pyridine rings is 1. The van der Waals surface area contributed by atoms with Gasteiger partial charge in [0.1, 0.15) is 5.15 Å². The van der Waals surface area contributed by atoms with Gasteiger partial charge < -0.3 is 5.32 Å². The molecule has 0 saturated heterocycles. The molecule has 0 aliphatic heterocycles. The minimum Gasteiger partial charge on any atom is -0.382 e. The van der Waals surface area contributed by atoms with Gasteiger partial charge in [-0.25, -0.2) is 4.98 Å². The van der Waals surface area contributed by atoms with E-state index in [1.165, 1.54) is 12.8 Å². The van der Waals surface area contributed by atoms with E-state index in [0.717, 1.165) is 12.2 Å². The van der Waals surface area contributed by atoms with Gasteiger partial charge in [0.25, 0.3) is 0 Å². The predicted octanol–water partition coefficient (Wildman–Crippen LogP) is 3.04. The summed E-state index contributed by atoms with van der Waals surface area (Å²) in [6.07, 6.45) is 6.60. The summed E-state index contributed by atoms with van der Waals surface area (Å²) in [4.78, 5) is 4.02. The fourth-order valence-corrected chi connectivity index (χ4v) is 2.17. The van der Waals surface area contributed by atoms with Crippen molar-refractivity contribution in [2.75, 3.05) is 18.1 Å². The van der Waals surface area contributed by atoms with Gasteiger partial charge in [-0.05, 0) is 31.2 Å². The van der Waals surface area contributed by atoms with E-state index in [-0.39, 0.29) is 0 Å². The van der Waals surface area contributed by atoms with Crippen molar-refractivity contribution in [3.8, 4) is 0 Å². The van der Waals surface area contributed by atoms with Crippen LogP contribution in [0.4, 0.5) is 5.69 Å². The number of anilines is 1. The Labute approximate surface area is 93.4 Å². The molecule has 0 amide bonds. The van der Waals surface area contributed by atoms with Gasteiger partial charge in [0.2, 0.25) is 0 Å². The average molecular weight is 229 g/mol. The highest BCUT2D eigenvalue weighted by Crippen LogP contribution is 2.46. The molecule has 0 atom stereocenters. The third kappa shape index (κ3) is 2.34. The number of rotatable bonds is 4. The van der Waals surface area contributed by atoms with Crippen LogP contribution in [0.25, 0.3) is 0 Å². The molecule has 2 nitrogen and oxygen atoms in total. The van der Waals surface area contributed by atoms with Gasteiger partial charge in [0.15, 0.2) is 0 Å². The maximum atomic E-state index is 5.70. The monoisotopic (exact) mass is 228 g/mol. The second-order valence-corrected chi connectivity index (χ2v) is 5.27. The van der Waals surface area contributed by atoms with Gasteiger partial charge in [-0.3, -0.25) is 0 Å². The fraction of sp³-hybridized carbons (Fsp3) is 0.500. The zero-order valence-electron chi connectivity index (χ0n) is 8.09. The minimum absolute atomic E-state index is 0.486. The topological polar surface area (TPSA) is 24.9 Å². The lowest BCUT2D eigenvalue weighted by molar-refractivity contribution is 0.948. The van der Waals surface area contributed by atoms with E-state index in [4.69, 9.17) is 11.6 Å². The molecule has 1 aromatic heterocycles. The molecule has 0 aromatic carbocycles. The fourth-order valence-electron chi connectivity index (χ4n) is 1.34. The lowest BCUT2D eigenvalue weighted by Gasteiger charge is -2.13. The van der Waals surface area contributed by atoms with Gasteiger partial charge in [-0.1, -0.05) is 11.6 Å². The zero-order chi connectivity index (χ0) is 10.0. The summed E-state index contributed by atoms with van der Waals surface area (Å²) in [5.41, 5.74) is 1.05. The van der Waals surface area contributed by atoms with E-state index >= 15 is 0 Å². The molecule has 1 heterocycles. The van der Waals surface area contributed by atoms with Crippen molar-refractivity contribution in [2.45, 2.75) is 17.6 Å². The number of hydrogen-bond donors (Lipinski definition) is 1. The molecule has 2 rings (SSSR count). The van der Waals surface area contributed by atoms with Gasteiger partial charge in [-0.15, -0.1) is 0 Å². The van der Waals surface area contributed by atoms with Crippen LogP contribution in [0.2, 0.25) is 5.15 Å². The Morgan fingerprint density at radius 1 is 1.57 bits per heavy atom. The van der Waals surface area contributed by atoms with Gasteiger partial charge in [0.05, 0.1) is 11.9 Å². The molecule has 0 bridgehead atoms. The molecule has 4 heteroatoms. The first-order valence-electron chi connectivity index (χ1n) is 4.65. The summed E-state index contributed by atoms with van der Waals surface area (Å²) < 4.78 is 0.486. The first kappa shape index (κ1) is 10.1. The zero-order valence-corrected chi connectivity index (χ0v) is 9.66. The molecule has 1 aromatic rings. The van der Waals surface area contributed by atoms with Crippen LogP contribution in [0.15, 0.2) is 18.3 Å². The van der Waals surface area contributed by atoms with E-state index < -0.39 is 0 Å². The lowest BCUT2D eigenvalue weighted by atomic mass is 10.3. The van der Waals surface area contributed by atoms with Gasteiger partial charge in [-0.2, -0.15) is 11.8 Å². The lowest BCUT2D eigenvalue weighted by Crippen LogP contribution is -2.17. The smallest absolute Gasteiger partial charge is 0.129 e. The summed E-state index contributed by atoms with van der Waals surface area (Å²) in [6, 6.07) is 3.77. The molecule has 1 saturated carbocycles. The SMILES string of the molecule is CSC1(CNc2ccc(Cl)nc2)CC1. The first-order chi connectivity index (χ1) is 6.74. The first-order valence-corrected chi connectivity index (χ1v) is 6.25. The van der Waals surface area contributed by atoms with Crippen molar-refractivity contribution >= 4 is 29.1 Å². The van der Waals surface area contributed by atoms with Crippen LogP contribution in [0, 0.1) is 0 Å². The summed E-state index contributed by atoms with van der Waals surface area (Å²) in [5, 5.41) is 3.93. The normalized spacial score (nSPS) is 17.9. The molecule has 1 aliphatic carbocycles. The van der Waals surface area contributed by atoms with E-state index in [1.54, 1.807) is 6.20 Å². The number of nitrogens with one attached hydrogen (secondary N) is 1. The molecule has 76 valence electrons. The van der Waals surface area contributed by atoms with Gasteiger partial charge in [0, 0.05) is 11.3 Å². The van der Waals surface area contributed by atoms with Gasteiger partial charge >= 0.3 is 0 Å². The highest BCUT2D eigenvalue weighted by Gasteiger charge is 2.41. The Hall–Kier alpha value is -0.410. The molecule has 1 N–H and O–H groups in total. The Morgan fingerprint density at radius 3 is 2.86 bits per heavy atom. The molecular formula is C10H13ClN2S. The van der Waals surface area contributed by atoms with E-state index in [1.807, 2.05) is 23.9 Å². The van der Waals surface area contributed by atoms with Crippen LogP contribution in [0.1, 0.15) is 12.8 Å². The van der Waals surface area contributed by atoms with Crippen LogP contribution in [-0.4, -0.2) is 22.5 Å². The molecule has 1 aliphatic rings. The quantitative estimate of drug-likeness (QED) is 0.802. The molecule has 1 fully saturated rings. The molecule has 0 spiro atoms. The van der Waals surface area contributed by atoms with Crippen LogP contribution in [0.3, 0.4) is 0 Å². The summed E-state index contributed by atoms with van der Waals surface area (Å²) in [5.74, 6) is 0. The van der Waals surface area contributed by atoms with E-state index in [2.05, 4.69) is 16.6 Å². The second kappa shape index (κ2) is 3.99. The molecular weight excluding hydrogens is 216 g/mol. The van der Waals surface area contributed by atoms with Crippen molar-refractivity contribution in [2.24, 2.45) is 0 Å². The Balaban J connectivity index is 1.89. The highest BCUT2D eigenvalue weighted by molar-refractivity contribution is 8.00. The summed E-state index contributed by atoms with van der Waals surface area (Å²) in [7, 11) is 0. The number of hydrogen-bond acceptors (Lipinski definition) is 3. The second-order valence-electron chi connectivity index (χ2n) is 3.61. The van der Waals surface area contributed by atoms with Crippen molar-refractivity contribution < 1.29 is 0 Å². The Kier molecular flexibility index (Phi) is 2.88. The Morgan fingerprint density at radius 2 is 2.36 bits per heavy atom. The van der Waals surface area contributed by atoms with Crippen LogP contribution >= 0.6 is 23.4 Å². The third-order valence-corrected chi connectivity index (χ3v) is 4.22. The maximum absolute atomic E-state index is 5.70. The highest BCUT2D eigenvalue weighted by atomic mass is 35.5. The van der Waals surface area contributed by atoms with Crippen molar-refractivity contribution in [1.82, 2.24) is 4.98 Å². The average Bonchev–Trinajstić information content (AvgIpc) is 2.98. The van der Waals surface area contributed by atoms with Crippen LogP contribution < -0.4 is 5.32 Å². The largest absolute Gasteiger partial charge is 0.382 e. The van der Waals surface area contributed by atoms with E-state index in [0.29, 0.717) is 9.90 Å². The van der Waals surface area contributed by atoms with Crippen molar-refractivity contribution in [3.05, 3.63) is 23.5 Å². The summed E-state index contributed by atoms with van der Waals surface area (Å²) >= 11 is 7.65. The van der Waals surface area contributed by atoms with Crippen LogP contribution in [-0.2, 0) is 0 Å². The number of halogens is 1. The number of nitrogens with zero attached hydrogens (tertiary/aromatic N) is 1. The molecule has 0 unspecified atom stereocenters. The molecule has 14 heavy (non-hydrogen) atoms. The predicted molar refractivity (Wildman–Crippen MR) is 63.2 cm³/mol. The maximum Gasteiger partial charge on any atom is 0.129 e. The molecule has 0 radical (unpaired) electrons. The van der Waals surface area contributed by atoms with Crippen molar-refractivity contribution in [3.63, 3.8) is 0 Å². The van der Waals surface area contributed by atoms with Crippen LogP contribution in [0.5, 0.6) is 0 Å². The standard InChI is InChI=1S/C10H13ClN2S/c1-14-10(4-5-10)7-13-8-2-3-9(11)12-6-8/h2-3,6,13H,4-5,7H2,1H3. The summed E-state index contributed by atoms with van der Waals surface area (Å²) in [6.45, 7) is 1.03. The number of thioether (sulfide) groups is 1. The third-order valence-electron chi connectivity index (χ3n) is 2.58. The van der Waals surface area contributed by atoms with Crippen molar-refractivity contribution in [1.29, 1.82) is 0 Å². The van der Waals surface area contributed by atoms with E-state index in [9.17, 15) is 0 Å².